The van der Waals surface area contributed by atoms with Gasteiger partial charge in [0.25, 0.3) is 0 Å². The maximum atomic E-state index is 5.87. The van der Waals surface area contributed by atoms with Crippen molar-refractivity contribution in [1.29, 1.82) is 0 Å². The Balaban J connectivity index is 2.00. The number of thioether (sulfide) groups is 1. The van der Waals surface area contributed by atoms with Gasteiger partial charge >= 0.3 is 0 Å². The second kappa shape index (κ2) is 5.60. The Labute approximate surface area is 102 Å². The Kier molecular flexibility index (Phi) is 4.13. The quantitative estimate of drug-likeness (QED) is 0.843. The molecule has 2 rings (SSSR count). The number of benzene rings is 1. The number of hydrogen-bond donors (Lipinski definition) is 2. The van der Waals surface area contributed by atoms with Gasteiger partial charge in [-0.2, -0.15) is 11.8 Å². The second-order valence-electron chi connectivity index (χ2n) is 4.48. The predicted molar refractivity (Wildman–Crippen MR) is 73.1 cm³/mol. The van der Waals surface area contributed by atoms with Crippen LogP contribution in [0.4, 0.5) is 5.69 Å². The van der Waals surface area contributed by atoms with E-state index in [2.05, 4.69) is 36.5 Å². The van der Waals surface area contributed by atoms with Gasteiger partial charge in [0.15, 0.2) is 0 Å². The highest BCUT2D eigenvalue weighted by atomic mass is 32.2. The summed E-state index contributed by atoms with van der Waals surface area (Å²) in [6.07, 6.45) is 1.30. The largest absolute Gasteiger partial charge is 0.381 e. The van der Waals surface area contributed by atoms with E-state index in [0.29, 0.717) is 6.04 Å². The lowest BCUT2D eigenvalue weighted by atomic mass is 9.99. The van der Waals surface area contributed by atoms with Gasteiger partial charge in [-0.05, 0) is 48.5 Å². The molecule has 0 bridgehead atoms. The van der Waals surface area contributed by atoms with Crippen LogP contribution in [0.3, 0.4) is 0 Å². The number of anilines is 1. The highest BCUT2D eigenvalue weighted by Crippen LogP contribution is 2.27. The Morgan fingerprint density at radius 2 is 2.44 bits per heavy atom. The van der Waals surface area contributed by atoms with Crippen molar-refractivity contribution < 1.29 is 0 Å². The van der Waals surface area contributed by atoms with E-state index >= 15 is 0 Å². The minimum absolute atomic E-state index is 0.428. The molecule has 0 saturated carbocycles. The van der Waals surface area contributed by atoms with Crippen molar-refractivity contribution >= 4 is 17.4 Å². The van der Waals surface area contributed by atoms with E-state index in [1.807, 2.05) is 11.8 Å². The molecule has 0 aromatic heterocycles. The van der Waals surface area contributed by atoms with Crippen LogP contribution in [0, 0.1) is 12.8 Å². The number of aryl methyl sites for hydroxylation is 1. The van der Waals surface area contributed by atoms with Crippen LogP contribution in [-0.2, 0) is 0 Å². The van der Waals surface area contributed by atoms with E-state index in [1.165, 1.54) is 29.2 Å². The van der Waals surface area contributed by atoms with E-state index in [0.717, 1.165) is 12.5 Å². The summed E-state index contributed by atoms with van der Waals surface area (Å²) in [5.41, 5.74) is 8.36. The van der Waals surface area contributed by atoms with Gasteiger partial charge in [-0.3, -0.25) is 0 Å². The molecule has 16 heavy (non-hydrogen) atoms. The van der Waals surface area contributed by atoms with Crippen LogP contribution in [0.1, 0.15) is 12.0 Å². The molecule has 1 fully saturated rings. The van der Waals surface area contributed by atoms with Gasteiger partial charge in [0, 0.05) is 18.3 Å². The fourth-order valence-electron chi connectivity index (χ4n) is 2.19. The van der Waals surface area contributed by atoms with Gasteiger partial charge in [-0.15, -0.1) is 0 Å². The summed E-state index contributed by atoms with van der Waals surface area (Å²) in [5, 5.41) is 3.57. The number of nitrogens with two attached hydrogens (primary N) is 1. The lowest BCUT2D eigenvalue weighted by molar-refractivity contribution is 0.499. The van der Waals surface area contributed by atoms with Crippen LogP contribution in [0.5, 0.6) is 0 Å². The van der Waals surface area contributed by atoms with Gasteiger partial charge in [-0.1, -0.05) is 12.1 Å². The fourth-order valence-corrected chi connectivity index (χ4v) is 3.53. The topological polar surface area (TPSA) is 38.0 Å². The van der Waals surface area contributed by atoms with E-state index in [-0.39, 0.29) is 0 Å². The highest BCUT2D eigenvalue weighted by molar-refractivity contribution is 7.99. The lowest BCUT2D eigenvalue weighted by Gasteiger charge is -2.24. The predicted octanol–water partition coefficient (Wildman–Crippen LogP) is 2.49. The molecule has 1 aromatic rings. The van der Waals surface area contributed by atoms with Crippen molar-refractivity contribution in [3.8, 4) is 0 Å². The highest BCUT2D eigenvalue weighted by Gasteiger charge is 2.24. The average Bonchev–Trinajstić information content (AvgIpc) is 2.79. The van der Waals surface area contributed by atoms with Gasteiger partial charge in [-0.25, -0.2) is 0 Å². The molecule has 1 heterocycles. The molecule has 2 nitrogen and oxygen atoms in total. The fraction of sp³-hybridized carbons (Fsp3) is 0.538. The third kappa shape index (κ3) is 2.92. The van der Waals surface area contributed by atoms with Crippen LogP contribution >= 0.6 is 11.8 Å². The van der Waals surface area contributed by atoms with Crippen LogP contribution in [0.2, 0.25) is 0 Å². The van der Waals surface area contributed by atoms with Crippen LogP contribution in [0.15, 0.2) is 24.3 Å². The average molecular weight is 236 g/mol. The van der Waals surface area contributed by atoms with E-state index in [9.17, 15) is 0 Å². The van der Waals surface area contributed by atoms with Crippen LogP contribution < -0.4 is 11.1 Å². The SMILES string of the molecule is Cc1cccc(NC(CN)C2CCSC2)c1. The molecule has 3 heteroatoms. The number of nitrogens with one attached hydrogen (secondary N) is 1. The van der Waals surface area contributed by atoms with Gasteiger partial charge in [0.1, 0.15) is 0 Å². The normalized spacial score (nSPS) is 22.0. The first kappa shape index (κ1) is 11.8. The van der Waals surface area contributed by atoms with Gasteiger partial charge in [0.2, 0.25) is 0 Å². The van der Waals surface area contributed by atoms with Gasteiger partial charge < -0.3 is 11.1 Å². The standard InChI is InChI=1S/C13H20N2S/c1-10-3-2-4-12(7-10)15-13(8-14)11-5-6-16-9-11/h2-4,7,11,13,15H,5-6,8-9,14H2,1H3. The van der Waals surface area contributed by atoms with Crippen molar-refractivity contribution in [3.05, 3.63) is 29.8 Å². The minimum atomic E-state index is 0.428. The minimum Gasteiger partial charge on any atom is -0.381 e. The van der Waals surface area contributed by atoms with Crippen molar-refractivity contribution in [2.75, 3.05) is 23.4 Å². The summed E-state index contributed by atoms with van der Waals surface area (Å²) in [7, 11) is 0. The first-order chi connectivity index (χ1) is 7.79. The van der Waals surface area contributed by atoms with Crippen LogP contribution in [-0.4, -0.2) is 24.1 Å². The van der Waals surface area contributed by atoms with Crippen molar-refractivity contribution in [2.24, 2.45) is 11.7 Å². The molecule has 0 amide bonds. The lowest BCUT2D eigenvalue weighted by Crippen LogP contribution is -2.36. The maximum Gasteiger partial charge on any atom is 0.0420 e. The smallest absolute Gasteiger partial charge is 0.0420 e. The molecule has 1 aliphatic rings. The van der Waals surface area contributed by atoms with Gasteiger partial charge in [0.05, 0.1) is 0 Å². The molecule has 1 aromatic carbocycles. The molecule has 2 unspecified atom stereocenters. The summed E-state index contributed by atoms with van der Waals surface area (Å²) in [4.78, 5) is 0. The zero-order valence-electron chi connectivity index (χ0n) is 9.78. The third-order valence-electron chi connectivity index (χ3n) is 3.16. The van der Waals surface area contributed by atoms with Crippen molar-refractivity contribution in [3.63, 3.8) is 0 Å². The summed E-state index contributed by atoms with van der Waals surface area (Å²) in [6, 6.07) is 8.95. The maximum absolute atomic E-state index is 5.87. The molecule has 1 saturated heterocycles. The van der Waals surface area contributed by atoms with E-state index < -0.39 is 0 Å². The Morgan fingerprint density at radius 1 is 1.56 bits per heavy atom. The Morgan fingerprint density at radius 3 is 3.06 bits per heavy atom. The van der Waals surface area contributed by atoms with E-state index in [4.69, 9.17) is 5.73 Å². The van der Waals surface area contributed by atoms with Crippen molar-refractivity contribution in [2.45, 2.75) is 19.4 Å². The zero-order chi connectivity index (χ0) is 11.4. The first-order valence-electron chi connectivity index (χ1n) is 5.90. The first-order valence-corrected chi connectivity index (χ1v) is 7.06. The summed E-state index contributed by atoms with van der Waals surface area (Å²) >= 11 is 2.04. The molecule has 0 radical (unpaired) electrons. The molecule has 0 spiro atoms. The third-order valence-corrected chi connectivity index (χ3v) is 4.35. The molecular formula is C13H20N2S. The molecule has 3 N–H and O–H groups in total. The Bertz CT molecular complexity index is 334. The summed E-state index contributed by atoms with van der Waals surface area (Å²) in [6.45, 7) is 2.84. The Hall–Kier alpha value is -0.670. The monoisotopic (exact) mass is 236 g/mol. The van der Waals surface area contributed by atoms with E-state index in [1.54, 1.807) is 0 Å². The number of rotatable bonds is 4. The molecule has 88 valence electrons. The van der Waals surface area contributed by atoms with Crippen molar-refractivity contribution in [1.82, 2.24) is 0 Å². The number of hydrogen-bond acceptors (Lipinski definition) is 3. The summed E-state index contributed by atoms with van der Waals surface area (Å²) in [5.74, 6) is 3.27. The molecule has 1 aliphatic heterocycles. The molecular weight excluding hydrogens is 216 g/mol. The second-order valence-corrected chi connectivity index (χ2v) is 5.63. The molecule has 2 atom stereocenters. The van der Waals surface area contributed by atoms with Crippen LogP contribution in [0.25, 0.3) is 0 Å². The molecule has 0 aliphatic carbocycles. The zero-order valence-corrected chi connectivity index (χ0v) is 10.6. The summed E-state index contributed by atoms with van der Waals surface area (Å²) < 4.78 is 0.